The minimum Gasteiger partial charge on any atom is -0.482 e. The number of nitrogens with zero attached hydrogens (tertiary/aromatic N) is 3. The predicted molar refractivity (Wildman–Crippen MR) is 126 cm³/mol. The zero-order valence-electron chi connectivity index (χ0n) is 19.0. The van der Waals surface area contributed by atoms with Crippen molar-refractivity contribution in [2.45, 2.75) is 46.6 Å². The van der Waals surface area contributed by atoms with Crippen LogP contribution in [-0.2, 0) is 30.6 Å². The first-order valence-corrected chi connectivity index (χ1v) is 11.1. The Morgan fingerprint density at radius 2 is 1.56 bits per heavy atom. The Bertz CT molecular complexity index is 1020. The molecule has 32 heavy (non-hydrogen) atoms. The maximum atomic E-state index is 10.7. The lowest BCUT2D eigenvalue weighted by Gasteiger charge is -2.23. The molecule has 0 spiro atoms. The van der Waals surface area contributed by atoms with Gasteiger partial charge < -0.3 is 14.7 Å². The molecule has 6 heteroatoms. The van der Waals surface area contributed by atoms with Crippen LogP contribution in [-0.4, -0.2) is 34.2 Å². The third-order valence-corrected chi connectivity index (χ3v) is 5.45. The van der Waals surface area contributed by atoms with E-state index in [2.05, 4.69) is 53.0 Å². The highest BCUT2D eigenvalue weighted by molar-refractivity contribution is 5.68. The number of aliphatic carboxylic acids is 1. The molecule has 3 rings (SSSR count). The van der Waals surface area contributed by atoms with Gasteiger partial charge in [0.05, 0.1) is 0 Å². The number of benzene rings is 2. The van der Waals surface area contributed by atoms with Gasteiger partial charge in [-0.15, -0.1) is 0 Å². The maximum absolute atomic E-state index is 10.7. The molecule has 0 bridgehead atoms. The summed E-state index contributed by atoms with van der Waals surface area (Å²) in [5.41, 5.74) is 5.74. The normalized spacial score (nSPS) is 10.7. The molecule has 1 aromatic heterocycles. The SMILES string of the molecule is CCc1ccc(CN(CCc2ccc(OCC(=O)O)c(C)c2)c2ncc(CC)cn2)cc1. The van der Waals surface area contributed by atoms with Crippen molar-refractivity contribution in [1.82, 2.24) is 9.97 Å². The van der Waals surface area contributed by atoms with Crippen LogP contribution in [0.2, 0.25) is 0 Å². The zero-order valence-corrected chi connectivity index (χ0v) is 19.0. The molecule has 3 aromatic rings. The van der Waals surface area contributed by atoms with Crippen LogP contribution in [0.3, 0.4) is 0 Å². The average Bonchev–Trinajstić information content (AvgIpc) is 2.81. The van der Waals surface area contributed by atoms with Crippen LogP contribution in [0.25, 0.3) is 0 Å². The van der Waals surface area contributed by atoms with Gasteiger partial charge >= 0.3 is 5.97 Å². The maximum Gasteiger partial charge on any atom is 0.341 e. The predicted octanol–water partition coefficient (Wildman–Crippen LogP) is 4.62. The van der Waals surface area contributed by atoms with E-state index in [0.717, 1.165) is 55.0 Å². The van der Waals surface area contributed by atoms with Gasteiger partial charge in [-0.3, -0.25) is 0 Å². The second-order valence-electron chi connectivity index (χ2n) is 7.87. The van der Waals surface area contributed by atoms with Crippen molar-refractivity contribution in [1.29, 1.82) is 0 Å². The van der Waals surface area contributed by atoms with Gasteiger partial charge in [-0.05, 0) is 60.1 Å². The molecule has 0 saturated carbocycles. The number of ether oxygens (including phenoxy) is 1. The van der Waals surface area contributed by atoms with Crippen molar-refractivity contribution in [3.05, 3.63) is 82.7 Å². The Kier molecular flexibility index (Phi) is 8.20. The zero-order chi connectivity index (χ0) is 22.9. The van der Waals surface area contributed by atoms with Crippen LogP contribution >= 0.6 is 0 Å². The Hall–Kier alpha value is -3.41. The number of hydrogen-bond donors (Lipinski definition) is 1. The van der Waals surface area contributed by atoms with Gasteiger partial charge in [-0.2, -0.15) is 0 Å². The molecule has 0 radical (unpaired) electrons. The van der Waals surface area contributed by atoms with E-state index >= 15 is 0 Å². The van der Waals surface area contributed by atoms with Crippen molar-refractivity contribution < 1.29 is 14.6 Å². The monoisotopic (exact) mass is 433 g/mol. The van der Waals surface area contributed by atoms with Crippen LogP contribution in [0.4, 0.5) is 5.95 Å². The summed E-state index contributed by atoms with van der Waals surface area (Å²) in [5.74, 6) is 0.340. The van der Waals surface area contributed by atoms with Crippen molar-refractivity contribution in [3.8, 4) is 5.75 Å². The van der Waals surface area contributed by atoms with Crippen LogP contribution < -0.4 is 9.64 Å². The number of aromatic nitrogens is 2. The van der Waals surface area contributed by atoms with E-state index < -0.39 is 5.97 Å². The quantitative estimate of drug-likeness (QED) is 0.475. The standard InChI is InChI=1S/C26H31N3O3/c1-4-20-6-8-23(9-7-20)17-29(26-27-15-21(5-2)16-28-26)13-12-22-10-11-24(19(3)14-22)32-18-25(30)31/h6-11,14-16H,4-5,12-13,17-18H2,1-3H3,(H,30,31). The van der Waals surface area contributed by atoms with E-state index in [4.69, 9.17) is 9.84 Å². The molecule has 1 N–H and O–H groups in total. The molecule has 0 aliphatic carbocycles. The topological polar surface area (TPSA) is 75.5 Å². The van der Waals surface area contributed by atoms with Crippen LogP contribution in [0, 0.1) is 6.92 Å². The highest BCUT2D eigenvalue weighted by Crippen LogP contribution is 2.21. The summed E-state index contributed by atoms with van der Waals surface area (Å²) in [7, 11) is 0. The van der Waals surface area contributed by atoms with Crippen LogP contribution in [0.15, 0.2) is 54.9 Å². The number of carbonyl (C=O) groups is 1. The fraction of sp³-hybridized carbons (Fsp3) is 0.346. The molecular weight excluding hydrogens is 402 g/mol. The molecule has 2 aromatic carbocycles. The van der Waals surface area contributed by atoms with Gasteiger partial charge in [0.1, 0.15) is 5.75 Å². The van der Waals surface area contributed by atoms with Gasteiger partial charge in [0, 0.05) is 25.5 Å². The molecule has 0 aliphatic rings. The lowest BCUT2D eigenvalue weighted by Crippen LogP contribution is -2.27. The summed E-state index contributed by atoms with van der Waals surface area (Å²) in [4.78, 5) is 22.2. The van der Waals surface area contributed by atoms with E-state index in [1.165, 1.54) is 11.1 Å². The molecule has 0 atom stereocenters. The first-order valence-electron chi connectivity index (χ1n) is 11.1. The summed E-state index contributed by atoms with van der Waals surface area (Å²) >= 11 is 0. The third kappa shape index (κ3) is 6.54. The van der Waals surface area contributed by atoms with Gasteiger partial charge in [0.2, 0.25) is 5.95 Å². The van der Waals surface area contributed by atoms with Gasteiger partial charge in [0.25, 0.3) is 0 Å². The number of aryl methyl sites for hydroxylation is 3. The van der Waals surface area contributed by atoms with Crippen molar-refractivity contribution >= 4 is 11.9 Å². The number of carboxylic acid groups (broad SMARTS) is 1. The first-order chi connectivity index (χ1) is 15.5. The largest absolute Gasteiger partial charge is 0.482 e. The van der Waals surface area contributed by atoms with E-state index in [-0.39, 0.29) is 6.61 Å². The number of rotatable bonds is 11. The molecule has 168 valence electrons. The Morgan fingerprint density at radius 1 is 0.938 bits per heavy atom. The summed E-state index contributed by atoms with van der Waals surface area (Å²) in [5, 5.41) is 8.81. The molecule has 6 nitrogen and oxygen atoms in total. The summed E-state index contributed by atoms with van der Waals surface area (Å²) in [6.45, 7) is 7.34. The smallest absolute Gasteiger partial charge is 0.341 e. The number of hydrogen-bond acceptors (Lipinski definition) is 5. The summed E-state index contributed by atoms with van der Waals surface area (Å²) < 4.78 is 5.34. The molecule has 0 fully saturated rings. The van der Waals surface area contributed by atoms with Crippen LogP contribution in [0.1, 0.15) is 41.7 Å². The minimum atomic E-state index is -0.981. The first kappa shape index (κ1) is 23.3. The van der Waals surface area contributed by atoms with Crippen molar-refractivity contribution in [2.24, 2.45) is 0 Å². The van der Waals surface area contributed by atoms with Crippen molar-refractivity contribution in [3.63, 3.8) is 0 Å². The second kappa shape index (κ2) is 11.3. The summed E-state index contributed by atoms with van der Waals surface area (Å²) in [6, 6.07) is 14.6. The fourth-order valence-electron chi connectivity index (χ4n) is 3.48. The lowest BCUT2D eigenvalue weighted by atomic mass is 10.1. The Labute approximate surface area is 189 Å². The fourth-order valence-corrected chi connectivity index (χ4v) is 3.48. The van der Waals surface area contributed by atoms with Crippen LogP contribution in [0.5, 0.6) is 5.75 Å². The highest BCUT2D eigenvalue weighted by Gasteiger charge is 2.12. The average molecular weight is 434 g/mol. The highest BCUT2D eigenvalue weighted by atomic mass is 16.5. The van der Waals surface area contributed by atoms with Crippen molar-refractivity contribution in [2.75, 3.05) is 18.1 Å². The van der Waals surface area contributed by atoms with E-state index in [1.54, 1.807) is 0 Å². The lowest BCUT2D eigenvalue weighted by molar-refractivity contribution is -0.139. The van der Waals surface area contributed by atoms with Gasteiger partial charge in [-0.1, -0.05) is 50.2 Å². The molecule has 0 unspecified atom stereocenters. The number of carboxylic acids is 1. The summed E-state index contributed by atoms with van der Waals surface area (Å²) in [6.07, 6.45) is 6.54. The molecule has 0 saturated heterocycles. The minimum absolute atomic E-state index is 0.337. The Morgan fingerprint density at radius 3 is 2.16 bits per heavy atom. The molecule has 0 amide bonds. The van der Waals surface area contributed by atoms with E-state index in [9.17, 15) is 4.79 Å². The molecule has 1 heterocycles. The molecule has 0 aliphatic heterocycles. The third-order valence-electron chi connectivity index (χ3n) is 5.45. The van der Waals surface area contributed by atoms with Gasteiger partial charge in [-0.25, -0.2) is 14.8 Å². The van der Waals surface area contributed by atoms with E-state index in [0.29, 0.717) is 5.75 Å². The van der Waals surface area contributed by atoms with E-state index in [1.807, 2.05) is 37.5 Å². The molecular formula is C26H31N3O3. The van der Waals surface area contributed by atoms with Gasteiger partial charge in [0.15, 0.2) is 6.61 Å². The second-order valence-corrected chi connectivity index (χ2v) is 7.87. The number of anilines is 1. The Balaban J connectivity index is 1.74.